The minimum atomic E-state index is -0.168. The van der Waals surface area contributed by atoms with Crippen molar-refractivity contribution in [3.8, 4) is 11.5 Å². The van der Waals surface area contributed by atoms with Crippen LogP contribution in [0.3, 0.4) is 0 Å². The van der Waals surface area contributed by atoms with Gasteiger partial charge in [0.05, 0.1) is 9.21 Å². The van der Waals surface area contributed by atoms with Crippen molar-refractivity contribution in [2.24, 2.45) is 0 Å². The summed E-state index contributed by atoms with van der Waals surface area (Å²) < 4.78 is 11.1. The molecule has 23 heavy (non-hydrogen) atoms. The summed E-state index contributed by atoms with van der Waals surface area (Å²) in [6.45, 7) is 0.606. The number of hydrogen-bond donors (Lipinski definition) is 1. The summed E-state index contributed by atoms with van der Waals surface area (Å²) in [5.74, 6) is 1.15. The fourth-order valence-corrected chi connectivity index (χ4v) is 3.16. The van der Waals surface area contributed by atoms with Crippen LogP contribution < -0.4 is 14.8 Å². The lowest BCUT2D eigenvalue weighted by atomic mass is 10.1. The summed E-state index contributed by atoms with van der Waals surface area (Å²) >= 11 is 7.02. The maximum absolute atomic E-state index is 11.9. The molecule has 1 aromatic carbocycles. The first kappa shape index (κ1) is 15.8. The lowest BCUT2D eigenvalue weighted by Crippen LogP contribution is -2.23. The number of ketones is 1. The number of Topliss-reactive ketones (excluding diaryl/α,β-unsaturated/α-hetero) is 1. The van der Waals surface area contributed by atoms with Gasteiger partial charge in [0.25, 0.3) is 0 Å². The van der Waals surface area contributed by atoms with Crippen LogP contribution in [0.1, 0.15) is 28.1 Å². The third-order valence-corrected chi connectivity index (χ3v) is 4.63. The Kier molecular flexibility index (Phi) is 4.83. The zero-order valence-electron chi connectivity index (χ0n) is 12.1. The van der Waals surface area contributed by atoms with Gasteiger partial charge in [-0.25, -0.2) is 0 Å². The summed E-state index contributed by atoms with van der Waals surface area (Å²) in [6.07, 6.45) is 0.322. The normalized spacial score (nSPS) is 12.2. The van der Waals surface area contributed by atoms with E-state index in [1.54, 1.807) is 12.1 Å². The minimum Gasteiger partial charge on any atom is -0.454 e. The second kappa shape index (κ2) is 7.02. The number of carbonyl (C=O) groups is 2. The second-order valence-electron chi connectivity index (χ2n) is 4.99. The molecule has 1 aliphatic heterocycles. The zero-order chi connectivity index (χ0) is 16.2. The maximum atomic E-state index is 11.9. The molecule has 0 radical (unpaired) electrons. The van der Waals surface area contributed by atoms with Crippen molar-refractivity contribution in [3.63, 3.8) is 0 Å². The Morgan fingerprint density at radius 1 is 1.13 bits per heavy atom. The molecule has 2 heterocycles. The lowest BCUT2D eigenvalue weighted by Gasteiger charge is -2.06. The average Bonchev–Trinajstić information content (AvgIpc) is 3.18. The third kappa shape index (κ3) is 4.03. The van der Waals surface area contributed by atoms with Gasteiger partial charge < -0.3 is 14.8 Å². The Morgan fingerprint density at radius 2 is 1.96 bits per heavy atom. The molecule has 120 valence electrons. The summed E-state index contributed by atoms with van der Waals surface area (Å²) in [5, 5.41) is 2.79. The van der Waals surface area contributed by atoms with Gasteiger partial charge in [-0.2, -0.15) is 0 Å². The number of hydrogen-bond acceptors (Lipinski definition) is 5. The van der Waals surface area contributed by atoms with E-state index in [0.717, 1.165) is 5.56 Å². The van der Waals surface area contributed by atoms with E-state index < -0.39 is 0 Å². The molecular weight excluding hydrogens is 338 g/mol. The van der Waals surface area contributed by atoms with Gasteiger partial charge in [-0.05, 0) is 29.8 Å². The van der Waals surface area contributed by atoms with Crippen molar-refractivity contribution < 1.29 is 19.1 Å². The molecule has 1 aromatic heterocycles. The molecule has 0 saturated heterocycles. The van der Waals surface area contributed by atoms with E-state index in [-0.39, 0.29) is 31.3 Å². The first-order chi connectivity index (χ1) is 11.1. The Balaban J connectivity index is 1.45. The largest absolute Gasteiger partial charge is 0.454 e. The monoisotopic (exact) mass is 351 g/mol. The first-order valence-electron chi connectivity index (χ1n) is 7.05. The highest BCUT2D eigenvalue weighted by molar-refractivity contribution is 7.18. The molecule has 0 unspecified atom stereocenters. The van der Waals surface area contributed by atoms with Crippen LogP contribution in [0.4, 0.5) is 0 Å². The number of rotatable bonds is 6. The van der Waals surface area contributed by atoms with Gasteiger partial charge in [0, 0.05) is 19.4 Å². The number of fused-ring (bicyclic) bond motifs is 1. The average molecular weight is 352 g/mol. The van der Waals surface area contributed by atoms with Crippen LogP contribution >= 0.6 is 22.9 Å². The Morgan fingerprint density at radius 3 is 2.74 bits per heavy atom. The Hall–Kier alpha value is -2.05. The standard InChI is InChI=1S/C16H14ClNO4S/c17-15-5-4-14(23-15)11(19)2-6-16(20)18-8-10-1-3-12-13(7-10)22-9-21-12/h1,3-5,7H,2,6,8-9H2,(H,18,20). The number of nitrogens with one attached hydrogen (secondary N) is 1. The molecule has 7 heteroatoms. The van der Waals surface area contributed by atoms with E-state index in [1.807, 2.05) is 18.2 Å². The number of carbonyl (C=O) groups excluding carboxylic acids is 2. The molecule has 2 aromatic rings. The number of thiophene rings is 1. The summed E-state index contributed by atoms with van der Waals surface area (Å²) in [5.41, 5.74) is 0.916. The lowest BCUT2D eigenvalue weighted by molar-refractivity contribution is -0.121. The van der Waals surface area contributed by atoms with Gasteiger partial charge in [-0.3, -0.25) is 9.59 Å². The second-order valence-corrected chi connectivity index (χ2v) is 6.71. The van der Waals surface area contributed by atoms with Crippen molar-refractivity contribution in [2.45, 2.75) is 19.4 Å². The molecule has 0 saturated carbocycles. The molecule has 1 aliphatic rings. The van der Waals surface area contributed by atoms with Crippen molar-refractivity contribution in [1.29, 1.82) is 0 Å². The van der Waals surface area contributed by atoms with Gasteiger partial charge in [0.1, 0.15) is 0 Å². The number of benzene rings is 1. The minimum absolute atomic E-state index is 0.0693. The smallest absolute Gasteiger partial charge is 0.231 e. The van der Waals surface area contributed by atoms with Crippen LogP contribution in [0.5, 0.6) is 11.5 Å². The summed E-state index contributed by atoms with van der Waals surface area (Å²) in [4.78, 5) is 24.3. The van der Waals surface area contributed by atoms with Gasteiger partial charge in [-0.1, -0.05) is 17.7 Å². The molecule has 0 aliphatic carbocycles. The highest BCUT2D eigenvalue weighted by Gasteiger charge is 2.14. The van der Waals surface area contributed by atoms with Crippen molar-refractivity contribution >= 4 is 34.6 Å². The van der Waals surface area contributed by atoms with Crippen LogP contribution in [-0.2, 0) is 11.3 Å². The molecule has 1 N–H and O–H groups in total. The molecule has 0 atom stereocenters. The number of amides is 1. The van der Waals surface area contributed by atoms with E-state index in [9.17, 15) is 9.59 Å². The quantitative estimate of drug-likeness (QED) is 0.810. The van der Waals surface area contributed by atoms with E-state index in [2.05, 4.69) is 5.32 Å². The van der Waals surface area contributed by atoms with Crippen LogP contribution in [0.25, 0.3) is 0 Å². The molecular formula is C16H14ClNO4S. The topological polar surface area (TPSA) is 64.6 Å². The maximum Gasteiger partial charge on any atom is 0.231 e. The molecule has 3 rings (SSSR count). The first-order valence-corrected chi connectivity index (χ1v) is 8.25. The third-order valence-electron chi connectivity index (χ3n) is 3.35. The predicted octanol–water partition coefficient (Wildman–Crippen LogP) is 3.41. The highest BCUT2D eigenvalue weighted by Crippen LogP contribution is 2.32. The molecule has 0 fully saturated rings. The highest BCUT2D eigenvalue weighted by atomic mass is 35.5. The Bertz CT molecular complexity index is 743. The molecule has 0 spiro atoms. The fraction of sp³-hybridized carbons (Fsp3) is 0.250. The zero-order valence-corrected chi connectivity index (χ0v) is 13.7. The number of ether oxygens (including phenoxy) is 2. The van der Waals surface area contributed by atoms with E-state index in [0.29, 0.717) is 27.3 Å². The Labute approximate surface area is 142 Å². The van der Waals surface area contributed by atoms with Crippen LogP contribution in [0, 0.1) is 0 Å². The van der Waals surface area contributed by atoms with Crippen LogP contribution in [0.2, 0.25) is 4.34 Å². The van der Waals surface area contributed by atoms with Crippen molar-refractivity contribution in [3.05, 3.63) is 45.1 Å². The molecule has 1 amide bonds. The SMILES string of the molecule is O=C(CCC(=O)c1ccc(Cl)s1)NCc1ccc2c(c1)OCO2. The fourth-order valence-electron chi connectivity index (χ4n) is 2.15. The van der Waals surface area contributed by atoms with Crippen molar-refractivity contribution in [2.75, 3.05) is 6.79 Å². The molecule has 0 bridgehead atoms. The van der Waals surface area contributed by atoms with E-state index >= 15 is 0 Å². The molecule has 5 nitrogen and oxygen atoms in total. The van der Waals surface area contributed by atoms with Gasteiger partial charge in [-0.15, -0.1) is 11.3 Å². The van der Waals surface area contributed by atoms with E-state index in [4.69, 9.17) is 21.1 Å². The van der Waals surface area contributed by atoms with Crippen LogP contribution in [0.15, 0.2) is 30.3 Å². The predicted molar refractivity (Wildman–Crippen MR) is 87.3 cm³/mol. The van der Waals surface area contributed by atoms with Gasteiger partial charge in [0.2, 0.25) is 12.7 Å². The van der Waals surface area contributed by atoms with E-state index in [1.165, 1.54) is 11.3 Å². The summed E-state index contributed by atoms with van der Waals surface area (Å²) in [6, 6.07) is 8.88. The van der Waals surface area contributed by atoms with Gasteiger partial charge in [0.15, 0.2) is 17.3 Å². The van der Waals surface area contributed by atoms with Crippen molar-refractivity contribution in [1.82, 2.24) is 5.32 Å². The van der Waals surface area contributed by atoms with Gasteiger partial charge >= 0.3 is 0 Å². The summed E-state index contributed by atoms with van der Waals surface area (Å²) in [7, 11) is 0. The number of halogens is 1. The van der Waals surface area contributed by atoms with Crippen LogP contribution in [-0.4, -0.2) is 18.5 Å².